The fraction of sp³-hybridized carbons (Fsp3) is 0. The predicted octanol–water partition coefficient (Wildman–Crippen LogP) is 11.5. The third-order valence-electron chi connectivity index (χ3n) is 8.84. The number of nitrogens with zero attached hydrogens (tertiary/aromatic N) is 1. The average Bonchev–Trinajstić information content (AvgIpc) is 4.09. The smallest absolute Gasteiger partial charge is 0.139 e. The normalized spacial score (nSPS) is 10.4. The van der Waals surface area contributed by atoms with Gasteiger partial charge in [0.2, 0.25) is 0 Å². The fourth-order valence-corrected chi connectivity index (χ4v) is 12.4. The van der Waals surface area contributed by atoms with E-state index in [1.165, 1.54) is 72.8 Å². The summed E-state index contributed by atoms with van der Waals surface area (Å²) in [5.41, 5.74) is 2.77. The maximum atomic E-state index is 13.2. The van der Waals surface area contributed by atoms with Gasteiger partial charge in [-0.15, -0.1) is 0 Å². The van der Waals surface area contributed by atoms with Gasteiger partial charge in [0.05, 0.1) is 25.9 Å². The van der Waals surface area contributed by atoms with Crippen molar-refractivity contribution in [3.63, 3.8) is 0 Å². The van der Waals surface area contributed by atoms with Crippen molar-refractivity contribution < 1.29 is 60.7 Å². The van der Waals surface area contributed by atoms with Gasteiger partial charge in [-0.1, -0.05) is 78.9 Å². The summed E-state index contributed by atoms with van der Waals surface area (Å²) in [6.07, 6.45) is 5.14. The van der Waals surface area contributed by atoms with E-state index < -0.39 is 23.8 Å². The molecule has 0 aliphatic carbocycles. The number of hydrogen-bond acceptors (Lipinski definition) is 3. The van der Waals surface area contributed by atoms with Crippen LogP contribution in [0.3, 0.4) is 0 Å². The van der Waals surface area contributed by atoms with E-state index in [1.54, 1.807) is 132 Å². The molecule has 340 valence electrons. The molecule has 3 heterocycles. The average molecular weight is 1260 g/mol. The Kier molecular flexibility index (Phi) is 22.5. The van der Waals surface area contributed by atoms with Gasteiger partial charge in [-0.2, -0.15) is 0 Å². The second kappa shape index (κ2) is 27.9. The molecular weight excluding hydrogens is 1220 g/mol. The summed E-state index contributed by atoms with van der Waals surface area (Å²) in [6.45, 7) is 0. The van der Waals surface area contributed by atoms with Crippen LogP contribution in [-0.4, -0.2) is 4.98 Å². The first-order chi connectivity index (χ1) is 31.7. The van der Waals surface area contributed by atoms with Crippen molar-refractivity contribution in [2.75, 3.05) is 0 Å². The Bertz CT molecular complexity index is 2310. The molecule has 0 atom stereocenters. The minimum Gasteiger partial charge on any atom is -0.464 e. The van der Waals surface area contributed by atoms with Crippen LogP contribution in [0.15, 0.2) is 216 Å². The van der Waals surface area contributed by atoms with E-state index in [2.05, 4.69) is 30.5 Å². The van der Waals surface area contributed by atoms with E-state index in [0.717, 1.165) is 48.3 Å². The molecule has 65 heavy (non-hydrogen) atoms. The SMILES string of the molecule is Fc1ccc(P(c2ccc(F)cc2)c2ccc(F)cc2)cc1.Fc1ccc(P(c2ccc(F)cc2)c2ccc(F)cc2)cc1.[Cu][I].[Cu][I].c1ccc(P(c2ccco2)c2ccco2)nc1. The molecule has 0 radical (unpaired) electrons. The number of benzene rings is 6. The Morgan fingerprint density at radius 3 is 0.785 bits per heavy atom. The molecule has 0 fully saturated rings. The second-order valence-electron chi connectivity index (χ2n) is 13.0. The molecule has 6 aromatic carbocycles. The third-order valence-corrected chi connectivity index (χ3v) is 15.8. The number of furan rings is 2. The van der Waals surface area contributed by atoms with Crippen molar-refractivity contribution in [1.82, 2.24) is 4.98 Å². The van der Waals surface area contributed by atoms with E-state index in [9.17, 15) is 26.3 Å². The van der Waals surface area contributed by atoms with Crippen LogP contribution in [0.2, 0.25) is 0 Å². The standard InChI is InChI=1S/2C18H12F3P.C13H10NO2P.2Cu.2HI/c2*19-13-1-7-16(8-2-13)22(17-9-3-14(20)4-10-17)18-11-5-15(21)6-12-18;1-2-8-14-11(5-1)17(12-6-3-9-15-12)13-7-4-10-16-13;;;;/h2*1-12H;1-10H;;;2*1H/q;;;2*+1;;/p-2. The van der Waals surface area contributed by atoms with Crippen LogP contribution < -0.4 is 48.3 Å². The first kappa shape index (κ1) is 52.4. The van der Waals surface area contributed by atoms with E-state index in [0.29, 0.717) is 0 Å². The Labute approximate surface area is 416 Å². The molecular formula is C49H34Cu2F6I2NO2P3. The maximum absolute atomic E-state index is 13.2. The van der Waals surface area contributed by atoms with Gasteiger partial charge in [0.25, 0.3) is 0 Å². The molecule has 0 amide bonds. The maximum Gasteiger partial charge on any atom is 0.139 e. The summed E-state index contributed by atoms with van der Waals surface area (Å²) in [4.78, 5) is 4.40. The molecule has 3 aromatic heterocycles. The molecule has 16 heteroatoms. The van der Waals surface area contributed by atoms with Gasteiger partial charge >= 0.3 is 66.2 Å². The van der Waals surface area contributed by atoms with Crippen molar-refractivity contribution in [3.8, 4) is 0 Å². The van der Waals surface area contributed by atoms with Crippen molar-refractivity contribution in [2.45, 2.75) is 0 Å². The molecule has 0 bridgehead atoms. The van der Waals surface area contributed by atoms with Crippen LogP contribution in [0.1, 0.15) is 0 Å². The van der Waals surface area contributed by atoms with E-state index >= 15 is 0 Å². The quantitative estimate of drug-likeness (QED) is 0.0626. The van der Waals surface area contributed by atoms with Crippen LogP contribution in [0.4, 0.5) is 26.3 Å². The van der Waals surface area contributed by atoms with Gasteiger partial charge in [-0.3, -0.25) is 4.98 Å². The summed E-state index contributed by atoms with van der Waals surface area (Å²) in [5.74, 6) is -1.85. The van der Waals surface area contributed by atoms with Crippen molar-refractivity contribution in [3.05, 3.63) is 242 Å². The predicted molar refractivity (Wildman–Crippen MR) is 266 cm³/mol. The van der Waals surface area contributed by atoms with Gasteiger partial charge < -0.3 is 8.83 Å². The van der Waals surface area contributed by atoms with Gasteiger partial charge in [0.15, 0.2) is 0 Å². The Hall–Kier alpha value is -3.60. The Balaban J connectivity index is 0.000000178. The molecule has 0 spiro atoms. The summed E-state index contributed by atoms with van der Waals surface area (Å²) >= 11 is 11.7. The zero-order chi connectivity index (χ0) is 46.6. The topological polar surface area (TPSA) is 39.2 Å². The molecule has 0 aliphatic rings. The Morgan fingerprint density at radius 1 is 0.323 bits per heavy atom. The van der Waals surface area contributed by atoms with Crippen LogP contribution in [0, 0.1) is 34.9 Å². The molecule has 0 saturated heterocycles. The minimum absolute atomic E-state index is 0.308. The molecule has 9 rings (SSSR count). The van der Waals surface area contributed by atoms with Crippen molar-refractivity contribution >= 4 is 113 Å². The minimum atomic E-state index is -0.983. The molecule has 0 N–H and O–H groups in total. The van der Waals surface area contributed by atoms with Gasteiger partial charge in [-0.05, 0) is 157 Å². The first-order valence-corrected chi connectivity index (χ1v) is 29.0. The van der Waals surface area contributed by atoms with E-state index in [-0.39, 0.29) is 34.9 Å². The number of pyridine rings is 1. The van der Waals surface area contributed by atoms with Gasteiger partial charge in [0.1, 0.15) is 45.9 Å². The summed E-state index contributed by atoms with van der Waals surface area (Å²) in [6, 6.07) is 51.0. The molecule has 0 saturated carbocycles. The molecule has 9 aromatic rings. The van der Waals surface area contributed by atoms with Crippen LogP contribution in [-0.2, 0) is 25.5 Å². The number of rotatable bonds is 9. The van der Waals surface area contributed by atoms with Crippen molar-refractivity contribution in [1.29, 1.82) is 0 Å². The molecule has 0 unspecified atom stereocenters. The van der Waals surface area contributed by atoms with Crippen LogP contribution in [0.25, 0.3) is 0 Å². The second-order valence-corrected chi connectivity index (χ2v) is 19.4. The molecule has 0 aliphatic heterocycles. The zero-order valence-electron chi connectivity index (χ0n) is 33.4. The van der Waals surface area contributed by atoms with Crippen LogP contribution >= 0.6 is 64.5 Å². The van der Waals surface area contributed by atoms with Crippen LogP contribution in [0.5, 0.6) is 0 Å². The van der Waals surface area contributed by atoms with Gasteiger partial charge in [-0.25, -0.2) is 26.3 Å². The fourth-order valence-electron chi connectivity index (χ4n) is 6.05. The summed E-state index contributed by atoms with van der Waals surface area (Å²) in [5, 5.41) is 5.55. The summed E-state index contributed by atoms with van der Waals surface area (Å²) in [7, 11) is -2.78. The largest absolute Gasteiger partial charge is 0.464 e. The Morgan fingerprint density at radius 2 is 0.585 bits per heavy atom. The number of aromatic nitrogens is 1. The number of hydrogen-bond donors (Lipinski definition) is 0. The summed E-state index contributed by atoms with van der Waals surface area (Å²) < 4.78 is 90.0. The zero-order valence-corrected chi connectivity index (χ0v) is 42.2. The van der Waals surface area contributed by atoms with E-state index in [4.69, 9.17) is 8.83 Å². The van der Waals surface area contributed by atoms with Gasteiger partial charge in [0, 0.05) is 6.20 Å². The number of halogens is 8. The third kappa shape index (κ3) is 15.7. The molecule has 3 nitrogen and oxygen atoms in total. The first-order valence-electron chi connectivity index (χ1n) is 18.9. The van der Waals surface area contributed by atoms with Crippen molar-refractivity contribution in [2.24, 2.45) is 0 Å². The monoisotopic (exact) mass is 1250 g/mol. The van der Waals surface area contributed by atoms with E-state index in [1.807, 2.05) is 42.5 Å².